The summed E-state index contributed by atoms with van der Waals surface area (Å²) in [5, 5.41) is 4.49. The lowest BCUT2D eigenvalue weighted by molar-refractivity contribution is -0.114. The van der Waals surface area contributed by atoms with E-state index in [4.69, 9.17) is 4.98 Å². The van der Waals surface area contributed by atoms with Gasteiger partial charge in [-0.1, -0.05) is 29.5 Å². The zero-order chi connectivity index (χ0) is 21.2. The molecule has 0 aliphatic heterocycles. The van der Waals surface area contributed by atoms with Gasteiger partial charge in [-0.05, 0) is 48.4 Å². The molecule has 0 saturated carbocycles. The molecule has 6 nitrogen and oxygen atoms in total. The smallest absolute Gasteiger partial charge is 0.223 e. The van der Waals surface area contributed by atoms with E-state index in [9.17, 15) is 4.79 Å². The van der Waals surface area contributed by atoms with Crippen LogP contribution in [0.4, 0.5) is 5.13 Å². The number of rotatable bonds is 5. The van der Waals surface area contributed by atoms with Gasteiger partial charge in [-0.15, -0.1) is 0 Å². The first-order chi connectivity index (χ1) is 15.1. The van der Waals surface area contributed by atoms with E-state index in [1.165, 1.54) is 23.8 Å². The number of aromatic nitrogens is 4. The summed E-state index contributed by atoms with van der Waals surface area (Å²) in [5.41, 5.74) is 4.99. The van der Waals surface area contributed by atoms with E-state index in [0.717, 1.165) is 51.0 Å². The molecule has 2 aromatic carbocycles. The fourth-order valence-electron chi connectivity index (χ4n) is 3.51. The van der Waals surface area contributed by atoms with Crippen molar-refractivity contribution in [3.63, 3.8) is 0 Å². The number of pyridine rings is 1. The average molecular weight is 426 g/mol. The Morgan fingerprint density at radius 1 is 0.935 bits per heavy atom. The van der Waals surface area contributed by atoms with Crippen LogP contribution in [0, 0.1) is 0 Å². The molecule has 0 fully saturated rings. The van der Waals surface area contributed by atoms with Gasteiger partial charge in [-0.25, -0.2) is 15.0 Å². The van der Waals surface area contributed by atoms with Crippen LogP contribution in [0.25, 0.3) is 32.4 Å². The summed E-state index contributed by atoms with van der Waals surface area (Å²) in [6.07, 6.45) is 5.24. The van der Waals surface area contributed by atoms with Crippen molar-refractivity contribution in [1.29, 1.82) is 0 Å². The summed E-state index contributed by atoms with van der Waals surface area (Å²) >= 11 is 1.46. The molecule has 3 aromatic heterocycles. The standard InChI is InChI=1S/C24H19N5OS/c1-15(30)27-24-29-21-8-6-18(14-22(21)31-24)20-10-12-26-23(28-20)9-5-16-4-7-19-17(13-16)3-2-11-25-19/h2-4,6-8,10-14H,5,9H2,1H3,(H,27,29,30). The summed E-state index contributed by atoms with van der Waals surface area (Å²) in [7, 11) is 0. The Morgan fingerprint density at radius 2 is 1.84 bits per heavy atom. The van der Waals surface area contributed by atoms with Crippen LogP contribution in [0.2, 0.25) is 0 Å². The Morgan fingerprint density at radius 3 is 2.74 bits per heavy atom. The zero-order valence-corrected chi connectivity index (χ0v) is 17.7. The van der Waals surface area contributed by atoms with Crippen LogP contribution in [-0.2, 0) is 17.6 Å². The third-order valence-corrected chi connectivity index (χ3v) is 5.91. The molecule has 5 rings (SSSR count). The Kier molecular flexibility index (Phi) is 5.09. The van der Waals surface area contributed by atoms with E-state index >= 15 is 0 Å². The van der Waals surface area contributed by atoms with E-state index in [2.05, 4.69) is 50.6 Å². The number of carbonyl (C=O) groups excluding carboxylic acids is 1. The largest absolute Gasteiger partial charge is 0.302 e. The van der Waals surface area contributed by atoms with Crippen LogP contribution in [0.5, 0.6) is 0 Å². The lowest BCUT2D eigenvalue weighted by atomic mass is 10.1. The predicted octanol–water partition coefficient (Wildman–Crippen LogP) is 5.05. The van der Waals surface area contributed by atoms with Crippen LogP contribution >= 0.6 is 11.3 Å². The molecule has 1 N–H and O–H groups in total. The molecule has 31 heavy (non-hydrogen) atoms. The second-order valence-electron chi connectivity index (χ2n) is 7.27. The fourth-order valence-corrected chi connectivity index (χ4v) is 4.46. The molecule has 3 heterocycles. The van der Waals surface area contributed by atoms with Gasteiger partial charge in [0.1, 0.15) is 5.82 Å². The number of hydrogen-bond donors (Lipinski definition) is 1. The van der Waals surface area contributed by atoms with Gasteiger partial charge < -0.3 is 5.32 Å². The monoisotopic (exact) mass is 425 g/mol. The van der Waals surface area contributed by atoms with Crippen LogP contribution < -0.4 is 5.32 Å². The lowest BCUT2D eigenvalue weighted by Crippen LogP contribution is -2.04. The Hall–Kier alpha value is -3.71. The topological polar surface area (TPSA) is 80.7 Å². The van der Waals surface area contributed by atoms with Gasteiger partial charge in [0.05, 0.1) is 21.4 Å². The predicted molar refractivity (Wildman–Crippen MR) is 124 cm³/mol. The summed E-state index contributed by atoms with van der Waals surface area (Å²) in [6.45, 7) is 1.48. The van der Waals surface area contributed by atoms with Crippen molar-refractivity contribution in [3.8, 4) is 11.3 Å². The summed E-state index contributed by atoms with van der Waals surface area (Å²) in [5.74, 6) is 0.689. The molecule has 0 atom stereocenters. The highest BCUT2D eigenvalue weighted by molar-refractivity contribution is 7.22. The molecular weight excluding hydrogens is 406 g/mol. The minimum absolute atomic E-state index is 0.123. The second-order valence-corrected chi connectivity index (χ2v) is 8.30. The maximum absolute atomic E-state index is 11.3. The maximum Gasteiger partial charge on any atom is 0.223 e. The molecule has 0 bridgehead atoms. The van der Waals surface area contributed by atoms with Crippen LogP contribution in [0.15, 0.2) is 67.0 Å². The van der Waals surface area contributed by atoms with Gasteiger partial charge >= 0.3 is 0 Å². The molecule has 0 aliphatic rings. The number of aryl methyl sites for hydroxylation is 2. The summed E-state index contributed by atoms with van der Waals surface area (Å²) in [4.78, 5) is 29.3. The van der Waals surface area contributed by atoms with E-state index < -0.39 is 0 Å². The number of fused-ring (bicyclic) bond motifs is 2. The van der Waals surface area contributed by atoms with Crippen molar-refractivity contribution in [2.45, 2.75) is 19.8 Å². The molecule has 0 radical (unpaired) electrons. The van der Waals surface area contributed by atoms with Gasteiger partial charge in [0, 0.05) is 36.7 Å². The second kappa shape index (κ2) is 8.20. The molecule has 1 amide bonds. The number of carbonyl (C=O) groups is 1. The summed E-state index contributed by atoms with van der Waals surface area (Å²) < 4.78 is 1.01. The maximum atomic E-state index is 11.3. The normalized spacial score (nSPS) is 11.1. The zero-order valence-electron chi connectivity index (χ0n) is 16.9. The minimum Gasteiger partial charge on any atom is -0.302 e. The van der Waals surface area contributed by atoms with Crippen molar-refractivity contribution >= 4 is 43.5 Å². The molecule has 0 aliphatic carbocycles. The van der Waals surface area contributed by atoms with Crippen LogP contribution in [0.3, 0.4) is 0 Å². The van der Waals surface area contributed by atoms with Crippen molar-refractivity contribution in [2.24, 2.45) is 0 Å². The number of anilines is 1. The van der Waals surface area contributed by atoms with Crippen molar-refractivity contribution in [3.05, 3.63) is 78.4 Å². The molecule has 152 valence electrons. The van der Waals surface area contributed by atoms with Gasteiger partial charge in [0.2, 0.25) is 5.91 Å². The van der Waals surface area contributed by atoms with Crippen molar-refractivity contribution < 1.29 is 4.79 Å². The first-order valence-corrected chi connectivity index (χ1v) is 10.8. The number of nitrogens with zero attached hydrogens (tertiary/aromatic N) is 4. The minimum atomic E-state index is -0.123. The van der Waals surface area contributed by atoms with Crippen molar-refractivity contribution in [2.75, 3.05) is 5.32 Å². The van der Waals surface area contributed by atoms with Gasteiger partial charge in [0.25, 0.3) is 0 Å². The van der Waals surface area contributed by atoms with Gasteiger partial charge in [0.15, 0.2) is 5.13 Å². The molecular formula is C24H19N5OS. The first kappa shape index (κ1) is 19.3. The Bertz CT molecular complexity index is 1410. The molecule has 0 saturated heterocycles. The van der Waals surface area contributed by atoms with E-state index in [1.807, 2.05) is 36.7 Å². The van der Waals surface area contributed by atoms with E-state index in [-0.39, 0.29) is 5.91 Å². The Balaban J connectivity index is 1.36. The van der Waals surface area contributed by atoms with E-state index in [0.29, 0.717) is 5.13 Å². The number of amides is 1. The fraction of sp³-hybridized carbons (Fsp3) is 0.125. The molecule has 5 aromatic rings. The SMILES string of the molecule is CC(=O)Nc1nc2ccc(-c3ccnc(CCc4ccc5ncccc5c4)n3)cc2s1. The average Bonchev–Trinajstić information content (AvgIpc) is 3.18. The summed E-state index contributed by atoms with van der Waals surface area (Å²) in [6, 6.07) is 18.3. The highest BCUT2D eigenvalue weighted by Gasteiger charge is 2.09. The number of nitrogens with one attached hydrogen (secondary N) is 1. The molecule has 0 unspecified atom stereocenters. The van der Waals surface area contributed by atoms with Gasteiger partial charge in [-0.2, -0.15) is 0 Å². The van der Waals surface area contributed by atoms with Gasteiger partial charge in [-0.3, -0.25) is 9.78 Å². The molecule has 7 heteroatoms. The third kappa shape index (κ3) is 4.27. The van der Waals surface area contributed by atoms with Crippen LogP contribution in [-0.4, -0.2) is 25.8 Å². The number of hydrogen-bond acceptors (Lipinski definition) is 6. The number of benzene rings is 2. The molecule has 0 spiro atoms. The number of thiazole rings is 1. The third-order valence-electron chi connectivity index (χ3n) is 4.98. The highest BCUT2D eigenvalue weighted by Crippen LogP contribution is 2.30. The van der Waals surface area contributed by atoms with Crippen molar-refractivity contribution in [1.82, 2.24) is 19.9 Å². The van der Waals surface area contributed by atoms with E-state index in [1.54, 1.807) is 0 Å². The first-order valence-electron chi connectivity index (χ1n) is 9.98. The highest BCUT2D eigenvalue weighted by atomic mass is 32.1. The lowest BCUT2D eigenvalue weighted by Gasteiger charge is -2.05. The quantitative estimate of drug-likeness (QED) is 0.426. The Labute approximate surface area is 183 Å². The van der Waals surface area contributed by atoms with Crippen LogP contribution in [0.1, 0.15) is 18.3 Å².